The van der Waals surface area contributed by atoms with Gasteiger partial charge in [0.15, 0.2) is 5.69 Å². The van der Waals surface area contributed by atoms with E-state index in [9.17, 15) is 0 Å². The number of hydrogen-bond acceptors (Lipinski definition) is 0. The van der Waals surface area contributed by atoms with E-state index in [-0.39, 0.29) is 0 Å². The van der Waals surface area contributed by atoms with Gasteiger partial charge in [-0.3, -0.25) is 0 Å². The Labute approximate surface area is 316 Å². The fraction of sp³-hybridized carbons (Fsp3) is 0. The van der Waals surface area contributed by atoms with Gasteiger partial charge in [-0.25, -0.2) is 9.69 Å². The Morgan fingerprint density at radius 3 is 1.49 bits per heavy atom. The first kappa shape index (κ1) is 30.7. The van der Waals surface area contributed by atoms with Crippen LogP contribution < -0.4 is 0 Å². The topological polar surface area (TPSA) is 23.5 Å². The van der Waals surface area contributed by atoms with Crippen molar-refractivity contribution in [2.45, 2.75) is 0 Å². The lowest BCUT2D eigenvalue weighted by molar-refractivity contribution is 1.15. The van der Waals surface area contributed by atoms with Crippen LogP contribution in [0.1, 0.15) is 0 Å². The monoisotopic (exact) mass is 699 g/mol. The van der Waals surface area contributed by atoms with Crippen LogP contribution in [0.3, 0.4) is 0 Å². The summed E-state index contributed by atoms with van der Waals surface area (Å²) in [6.45, 7) is 16.2. The van der Waals surface area contributed by atoms with Crippen LogP contribution in [0.2, 0.25) is 0 Å². The predicted octanol–water partition coefficient (Wildman–Crippen LogP) is 13.7. The van der Waals surface area contributed by atoms with Crippen molar-refractivity contribution in [3.05, 3.63) is 199 Å². The van der Waals surface area contributed by atoms with Crippen molar-refractivity contribution in [3.8, 4) is 28.2 Å². The average Bonchev–Trinajstić information content (AvgIpc) is 3.89. The minimum absolute atomic E-state index is 0.548. The Morgan fingerprint density at radius 1 is 0.327 bits per heavy atom. The van der Waals surface area contributed by atoms with E-state index in [1.54, 1.807) is 0 Å². The molecule has 0 bridgehead atoms. The third kappa shape index (κ3) is 4.45. The van der Waals surface area contributed by atoms with E-state index >= 15 is 0 Å². The third-order valence-electron chi connectivity index (χ3n) is 11.1. The van der Waals surface area contributed by atoms with Gasteiger partial charge in [0.25, 0.3) is 0 Å². The lowest BCUT2D eigenvalue weighted by Crippen LogP contribution is -1.97. The maximum atomic E-state index is 8.31. The maximum absolute atomic E-state index is 8.31. The number of fused-ring (bicyclic) bond motifs is 9. The number of rotatable bonds is 4. The Balaban J connectivity index is 1.08. The van der Waals surface area contributed by atoms with E-state index in [0.29, 0.717) is 11.4 Å². The second-order valence-corrected chi connectivity index (χ2v) is 13.9. The second-order valence-electron chi connectivity index (χ2n) is 13.9. The van der Waals surface area contributed by atoms with E-state index in [4.69, 9.17) is 13.1 Å². The molecule has 254 valence electrons. The van der Waals surface area contributed by atoms with Crippen molar-refractivity contribution < 1.29 is 0 Å². The van der Waals surface area contributed by atoms with Crippen LogP contribution in [0.4, 0.5) is 11.4 Å². The van der Waals surface area contributed by atoms with Crippen molar-refractivity contribution in [2.24, 2.45) is 0 Å². The molecule has 0 spiro atoms. The molecule has 0 atom stereocenters. The molecular weight excluding hydrogens is 671 g/mol. The SMILES string of the molecule is [C-]#[N+]c1cc(-c2cccc(-n3c4ccccc4c4ccc(-n5c6ccccc6c6ccccc65)cc43)c2)ccc1-n1c2ccccc2c2c([N+]#[C-])cccc21. The number of para-hydroxylation sites is 4. The lowest BCUT2D eigenvalue weighted by Gasteiger charge is -2.14. The number of nitrogens with zero attached hydrogens (tertiary/aromatic N) is 5. The molecule has 3 aromatic heterocycles. The fourth-order valence-corrected chi connectivity index (χ4v) is 8.74. The second kappa shape index (κ2) is 11.8. The zero-order valence-corrected chi connectivity index (χ0v) is 29.5. The molecule has 0 radical (unpaired) electrons. The van der Waals surface area contributed by atoms with Gasteiger partial charge in [0, 0.05) is 43.8 Å². The lowest BCUT2D eigenvalue weighted by atomic mass is 10.0. The molecule has 0 aliphatic carbocycles. The van der Waals surface area contributed by atoms with Gasteiger partial charge in [-0.15, -0.1) is 0 Å². The first-order chi connectivity index (χ1) is 27.2. The van der Waals surface area contributed by atoms with Crippen LogP contribution in [0, 0.1) is 13.1 Å². The van der Waals surface area contributed by atoms with Gasteiger partial charge in [-0.05, 0) is 83.2 Å². The number of benzene rings is 8. The van der Waals surface area contributed by atoms with Gasteiger partial charge in [0.1, 0.15) is 0 Å². The van der Waals surface area contributed by atoms with Gasteiger partial charge < -0.3 is 13.7 Å². The van der Waals surface area contributed by atoms with Gasteiger partial charge in [0.2, 0.25) is 5.69 Å². The highest BCUT2D eigenvalue weighted by molar-refractivity contribution is 6.16. The van der Waals surface area contributed by atoms with Crippen LogP contribution in [-0.4, -0.2) is 13.7 Å². The Kier molecular flexibility index (Phi) is 6.61. The summed E-state index contributed by atoms with van der Waals surface area (Å²) >= 11 is 0. The minimum Gasteiger partial charge on any atom is -0.320 e. The number of hydrogen-bond donors (Lipinski definition) is 0. The van der Waals surface area contributed by atoms with Crippen LogP contribution in [-0.2, 0) is 0 Å². The normalized spacial score (nSPS) is 11.6. The zero-order chi connectivity index (χ0) is 36.6. The summed E-state index contributed by atoms with van der Waals surface area (Å²) in [7, 11) is 0. The summed E-state index contributed by atoms with van der Waals surface area (Å²) in [4.78, 5) is 7.90. The van der Waals surface area contributed by atoms with E-state index in [1.807, 2.05) is 42.5 Å². The largest absolute Gasteiger partial charge is 0.320 e. The molecule has 0 N–H and O–H groups in total. The molecule has 0 fully saturated rings. The van der Waals surface area contributed by atoms with Crippen molar-refractivity contribution >= 4 is 76.8 Å². The van der Waals surface area contributed by atoms with Crippen molar-refractivity contribution in [1.29, 1.82) is 0 Å². The van der Waals surface area contributed by atoms with Gasteiger partial charge in [-0.1, -0.05) is 109 Å². The van der Waals surface area contributed by atoms with Crippen LogP contribution in [0.25, 0.3) is 103 Å². The van der Waals surface area contributed by atoms with Crippen LogP contribution in [0.5, 0.6) is 0 Å². The van der Waals surface area contributed by atoms with Crippen LogP contribution >= 0.6 is 0 Å². The highest BCUT2D eigenvalue weighted by Crippen LogP contribution is 2.42. The molecule has 0 amide bonds. The standard InChI is InChI=1S/C50H29N5/c1-51-41-19-12-24-48-50(41)40-18-6-10-23-46(40)55(48)47-28-25-33(30-42(47)52-2)32-13-11-14-34(29-32)54-45-22-9-5-17-38(45)39-27-26-35(31-49(39)54)53-43-20-7-3-15-36(43)37-16-4-8-21-44(37)53/h3-31H. The molecule has 0 unspecified atom stereocenters. The molecule has 8 aromatic carbocycles. The average molecular weight is 700 g/mol. The highest BCUT2D eigenvalue weighted by atomic mass is 15.0. The summed E-state index contributed by atoms with van der Waals surface area (Å²) < 4.78 is 6.86. The van der Waals surface area contributed by atoms with Gasteiger partial charge >= 0.3 is 0 Å². The van der Waals surface area contributed by atoms with Gasteiger partial charge in [-0.2, -0.15) is 0 Å². The Bertz CT molecular complexity index is 3420. The fourth-order valence-electron chi connectivity index (χ4n) is 8.74. The molecule has 55 heavy (non-hydrogen) atoms. The smallest absolute Gasteiger partial charge is 0.211 e. The molecule has 5 heteroatoms. The molecule has 0 saturated carbocycles. The first-order valence-electron chi connectivity index (χ1n) is 18.3. The Morgan fingerprint density at radius 2 is 0.836 bits per heavy atom. The number of aromatic nitrogens is 3. The molecule has 11 aromatic rings. The molecule has 0 saturated heterocycles. The first-order valence-corrected chi connectivity index (χ1v) is 18.3. The summed E-state index contributed by atoms with van der Waals surface area (Å²) in [5, 5.41) is 6.78. The summed E-state index contributed by atoms with van der Waals surface area (Å²) in [6, 6.07) is 61.4. The third-order valence-corrected chi connectivity index (χ3v) is 11.1. The summed E-state index contributed by atoms with van der Waals surface area (Å²) in [5.74, 6) is 0. The van der Waals surface area contributed by atoms with E-state index in [0.717, 1.165) is 61.0 Å². The molecule has 0 aliphatic heterocycles. The predicted molar refractivity (Wildman–Crippen MR) is 227 cm³/mol. The minimum atomic E-state index is 0.548. The van der Waals surface area contributed by atoms with Crippen molar-refractivity contribution in [3.63, 3.8) is 0 Å². The Hall–Kier alpha value is -7.86. The van der Waals surface area contributed by atoms with Crippen molar-refractivity contribution in [2.75, 3.05) is 0 Å². The highest BCUT2D eigenvalue weighted by Gasteiger charge is 2.19. The van der Waals surface area contributed by atoms with E-state index in [1.165, 1.54) is 32.6 Å². The quantitative estimate of drug-likeness (QED) is 0.163. The zero-order valence-electron chi connectivity index (χ0n) is 29.5. The van der Waals surface area contributed by atoms with E-state index in [2.05, 4.69) is 157 Å². The molecular formula is C50H29N5. The maximum Gasteiger partial charge on any atom is 0.211 e. The molecule has 0 aliphatic rings. The molecule has 5 nitrogen and oxygen atoms in total. The molecule has 11 rings (SSSR count). The van der Waals surface area contributed by atoms with E-state index < -0.39 is 0 Å². The molecule has 3 heterocycles. The van der Waals surface area contributed by atoms with Crippen molar-refractivity contribution in [1.82, 2.24) is 13.7 Å². The van der Waals surface area contributed by atoms with Gasteiger partial charge in [0.05, 0.1) is 46.4 Å². The summed E-state index contributed by atoms with van der Waals surface area (Å²) in [6.07, 6.45) is 0. The summed E-state index contributed by atoms with van der Waals surface area (Å²) in [5.41, 5.74) is 12.6. The van der Waals surface area contributed by atoms with Crippen LogP contribution in [0.15, 0.2) is 176 Å².